The number of hydrogen-bond donors (Lipinski definition) is 1. The van der Waals surface area contributed by atoms with Crippen molar-refractivity contribution in [2.45, 2.75) is 38.1 Å². The first-order valence-corrected chi connectivity index (χ1v) is 11.5. The number of nitrogens with zero attached hydrogens (tertiary/aromatic N) is 1. The second-order valence-electron chi connectivity index (χ2n) is 8.12. The first-order chi connectivity index (χ1) is 13.7. The Labute approximate surface area is 189 Å². The third kappa shape index (κ3) is 5.09. The Morgan fingerprint density at radius 3 is 2.17 bits per heavy atom. The standard InChI is InChI=1S/C23H27Br2FN2O/c1-15(22(29)27-16(2)17-12-19(24)14-20(25)13-17)23(8-10-28(3)11-9-23)18-4-6-21(26)7-5-18/h4-7,12-16H,8-11H2,1-3H3,(H,27,29). The zero-order valence-electron chi connectivity index (χ0n) is 17.0. The van der Waals surface area contributed by atoms with Crippen LogP contribution in [-0.4, -0.2) is 30.9 Å². The van der Waals surface area contributed by atoms with Crippen molar-refractivity contribution in [3.63, 3.8) is 0 Å². The van der Waals surface area contributed by atoms with E-state index >= 15 is 0 Å². The van der Waals surface area contributed by atoms with Crippen molar-refractivity contribution in [1.82, 2.24) is 10.2 Å². The van der Waals surface area contributed by atoms with E-state index in [0.29, 0.717) is 0 Å². The van der Waals surface area contributed by atoms with Gasteiger partial charge in [-0.05, 0) is 81.4 Å². The first kappa shape index (κ1) is 22.4. The molecule has 1 fully saturated rings. The van der Waals surface area contributed by atoms with E-state index in [-0.39, 0.29) is 29.1 Å². The van der Waals surface area contributed by atoms with Crippen LogP contribution in [-0.2, 0) is 10.2 Å². The van der Waals surface area contributed by atoms with Crippen LogP contribution >= 0.6 is 31.9 Å². The Hall–Kier alpha value is -1.24. The van der Waals surface area contributed by atoms with E-state index in [1.165, 1.54) is 12.1 Å². The molecule has 6 heteroatoms. The van der Waals surface area contributed by atoms with Gasteiger partial charge < -0.3 is 10.2 Å². The van der Waals surface area contributed by atoms with Gasteiger partial charge in [0.2, 0.25) is 5.91 Å². The van der Waals surface area contributed by atoms with Crippen LogP contribution in [0.1, 0.15) is 43.9 Å². The lowest BCUT2D eigenvalue weighted by atomic mass is 9.64. The number of halogens is 3. The number of hydrogen-bond acceptors (Lipinski definition) is 2. The van der Waals surface area contributed by atoms with Gasteiger partial charge >= 0.3 is 0 Å². The summed E-state index contributed by atoms with van der Waals surface area (Å²) in [5.74, 6) is -0.440. The Balaban J connectivity index is 1.84. The SMILES string of the molecule is CC(NC(=O)C(C)C1(c2ccc(F)cc2)CCN(C)CC1)c1cc(Br)cc(Br)c1. The van der Waals surface area contributed by atoms with Crippen molar-refractivity contribution in [2.24, 2.45) is 5.92 Å². The van der Waals surface area contributed by atoms with Gasteiger partial charge in [-0.1, -0.05) is 50.9 Å². The van der Waals surface area contributed by atoms with Crippen molar-refractivity contribution in [3.05, 3.63) is 68.4 Å². The Kier molecular flexibility index (Phi) is 7.18. The molecule has 0 spiro atoms. The normalized spacial score (nSPS) is 18.8. The summed E-state index contributed by atoms with van der Waals surface area (Å²) in [4.78, 5) is 15.6. The van der Waals surface area contributed by atoms with Gasteiger partial charge in [0.05, 0.1) is 6.04 Å². The number of nitrogens with one attached hydrogen (secondary N) is 1. The molecule has 1 aliphatic heterocycles. The van der Waals surface area contributed by atoms with Gasteiger partial charge in [0.25, 0.3) is 0 Å². The molecule has 0 saturated carbocycles. The van der Waals surface area contributed by atoms with Crippen LogP contribution in [0.4, 0.5) is 4.39 Å². The van der Waals surface area contributed by atoms with E-state index < -0.39 is 0 Å². The lowest BCUT2D eigenvalue weighted by Gasteiger charge is -2.45. The van der Waals surface area contributed by atoms with E-state index in [0.717, 1.165) is 46.0 Å². The van der Waals surface area contributed by atoms with Gasteiger partial charge in [0.15, 0.2) is 0 Å². The fourth-order valence-corrected chi connectivity index (χ4v) is 5.60. The van der Waals surface area contributed by atoms with Gasteiger partial charge in [0.1, 0.15) is 5.82 Å². The monoisotopic (exact) mass is 524 g/mol. The third-order valence-corrected chi connectivity index (χ3v) is 7.18. The highest BCUT2D eigenvalue weighted by molar-refractivity contribution is 9.11. The minimum Gasteiger partial charge on any atom is -0.349 e. The van der Waals surface area contributed by atoms with Crippen molar-refractivity contribution in [3.8, 4) is 0 Å². The molecule has 1 amide bonds. The molecule has 1 aliphatic rings. The predicted octanol–water partition coefficient (Wildman–Crippen LogP) is 5.83. The number of rotatable bonds is 5. The van der Waals surface area contributed by atoms with Gasteiger partial charge in [-0.15, -0.1) is 0 Å². The third-order valence-electron chi connectivity index (χ3n) is 6.26. The predicted molar refractivity (Wildman–Crippen MR) is 122 cm³/mol. The molecule has 2 unspecified atom stereocenters. The summed E-state index contributed by atoms with van der Waals surface area (Å²) < 4.78 is 15.5. The molecule has 2 aromatic carbocycles. The average molecular weight is 526 g/mol. The Morgan fingerprint density at radius 2 is 1.62 bits per heavy atom. The summed E-state index contributed by atoms with van der Waals surface area (Å²) in [6, 6.07) is 12.6. The van der Waals surface area contributed by atoms with Crippen LogP contribution in [0.25, 0.3) is 0 Å². The quantitative estimate of drug-likeness (QED) is 0.532. The molecule has 0 aliphatic carbocycles. The first-order valence-electron chi connectivity index (χ1n) is 9.92. The average Bonchev–Trinajstić information content (AvgIpc) is 2.68. The number of benzene rings is 2. The summed E-state index contributed by atoms with van der Waals surface area (Å²) in [7, 11) is 2.10. The van der Waals surface area contributed by atoms with E-state index in [1.807, 2.05) is 44.2 Å². The minimum absolute atomic E-state index is 0.0301. The molecule has 3 nitrogen and oxygen atoms in total. The van der Waals surface area contributed by atoms with Crippen LogP contribution in [0.3, 0.4) is 0 Å². The van der Waals surface area contributed by atoms with Crippen LogP contribution in [0, 0.1) is 11.7 Å². The van der Waals surface area contributed by atoms with Gasteiger partial charge in [-0.2, -0.15) is 0 Å². The van der Waals surface area contributed by atoms with Crippen molar-refractivity contribution < 1.29 is 9.18 Å². The van der Waals surface area contributed by atoms with Crippen LogP contribution < -0.4 is 5.32 Å². The fraction of sp³-hybridized carbons (Fsp3) is 0.435. The highest BCUT2D eigenvalue weighted by Gasteiger charge is 2.43. The largest absolute Gasteiger partial charge is 0.349 e. The summed E-state index contributed by atoms with van der Waals surface area (Å²) in [5.41, 5.74) is 1.79. The Bertz CT molecular complexity index is 843. The van der Waals surface area contributed by atoms with E-state index in [2.05, 4.69) is 49.1 Å². The van der Waals surface area contributed by atoms with E-state index in [4.69, 9.17) is 0 Å². The minimum atomic E-state index is -0.290. The lowest BCUT2D eigenvalue weighted by molar-refractivity contribution is -0.128. The topological polar surface area (TPSA) is 32.3 Å². The number of likely N-dealkylation sites (tertiary alicyclic amines) is 1. The number of amides is 1. The van der Waals surface area contributed by atoms with E-state index in [9.17, 15) is 9.18 Å². The number of carbonyl (C=O) groups is 1. The van der Waals surface area contributed by atoms with Gasteiger partial charge in [0, 0.05) is 20.3 Å². The van der Waals surface area contributed by atoms with Gasteiger partial charge in [-0.25, -0.2) is 4.39 Å². The molecule has 156 valence electrons. The van der Waals surface area contributed by atoms with Crippen molar-refractivity contribution in [1.29, 1.82) is 0 Å². The molecular formula is C23H27Br2FN2O. The van der Waals surface area contributed by atoms with Crippen LogP contribution in [0.15, 0.2) is 51.4 Å². The second-order valence-corrected chi connectivity index (χ2v) is 9.95. The fourth-order valence-electron chi connectivity index (χ4n) is 4.27. The molecule has 29 heavy (non-hydrogen) atoms. The maximum atomic E-state index is 13.5. The molecule has 1 saturated heterocycles. The molecule has 0 aromatic heterocycles. The summed E-state index contributed by atoms with van der Waals surface area (Å²) in [5, 5.41) is 3.20. The van der Waals surface area contributed by atoms with Gasteiger partial charge in [-0.3, -0.25) is 4.79 Å². The summed E-state index contributed by atoms with van der Waals surface area (Å²) in [6.45, 7) is 5.85. The lowest BCUT2D eigenvalue weighted by Crippen LogP contribution is -2.50. The number of carbonyl (C=O) groups excluding carboxylic acids is 1. The van der Waals surface area contributed by atoms with Crippen molar-refractivity contribution in [2.75, 3.05) is 20.1 Å². The maximum Gasteiger partial charge on any atom is 0.224 e. The summed E-state index contributed by atoms with van der Waals surface area (Å²) in [6.07, 6.45) is 1.75. The van der Waals surface area contributed by atoms with Crippen LogP contribution in [0.2, 0.25) is 0 Å². The molecule has 2 aromatic rings. The van der Waals surface area contributed by atoms with Crippen LogP contribution in [0.5, 0.6) is 0 Å². The molecule has 0 radical (unpaired) electrons. The molecule has 3 rings (SSSR count). The molecular weight excluding hydrogens is 499 g/mol. The number of piperidine rings is 1. The zero-order chi connectivity index (χ0) is 21.2. The summed E-state index contributed by atoms with van der Waals surface area (Å²) >= 11 is 7.02. The maximum absolute atomic E-state index is 13.5. The highest BCUT2D eigenvalue weighted by atomic mass is 79.9. The smallest absolute Gasteiger partial charge is 0.224 e. The molecule has 1 N–H and O–H groups in total. The molecule has 2 atom stereocenters. The Morgan fingerprint density at radius 1 is 1.07 bits per heavy atom. The van der Waals surface area contributed by atoms with E-state index in [1.54, 1.807) is 0 Å². The second kappa shape index (κ2) is 9.27. The van der Waals surface area contributed by atoms with Crippen molar-refractivity contribution >= 4 is 37.8 Å². The molecule has 1 heterocycles. The highest BCUT2D eigenvalue weighted by Crippen LogP contribution is 2.42. The molecule has 0 bridgehead atoms. The zero-order valence-corrected chi connectivity index (χ0v) is 20.2.